The second-order valence-corrected chi connectivity index (χ2v) is 5.52. The summed E-state index contributed by atoms with van der Waals surface area (Å²) in [5.74, 6) is 0.514. The molecule has 2 aliphatic heterocycles. The van der Waals surface area contributed by atoms with E-state index in [4.69, 9.17) is 0 Å². The maximum atomic E-state index is 4.58. The number of hydrogen-bond donors (Lipinski definition) is 0. The summed E-state index contributed by atoms with van der Waals surface area (Å²) in [4.78, 5) is 11.2. The van der Waals surface area contributed by atoms with E-state index >= 15 is 0 Å². The zero-order valence-electron chi connectivity index (χ0n) is 9.07. The Hall–Kier alpha value is -0.130. The molecule has 0 aromatic carbocycles. The molecule has 0 saturated carbocycles. The fourth-order valence-electron chi connectivity index (χ4n) is 1.90. The minimum atomic E-state index is 0.242. The molecule has 1 unspecified atom stereocenters. The van der Waals surface area contributed by atoms with Gasteiger partial charge >= 0.3 is 0 Å². The van der Waals surface area contributed by atoms with E-state index in [0.29, 0.717) is 5.92 Å². The van der Waals surface area contributed by atoms with Gasteiger partial charge < -0.3 is 0 Å². The van der Waals surface area contributed by atoms with Crippen molar-refractivity contribution in [3.05, 3.63) is 10.2 Å². The average Bonchev–Trinajstić information content (AvgIpc) is 2.25. The molecule has 5 heteroatoms. The molecular weight excluding hydrogens is 274 g/mol. The highest BCUT2D eigenvalue weighted by molar-refractivity contribution is 9.11. The molecule has 0 bridgehead atoms. The molecule has 2 atom stereocenters. The van der Waals surface area contributed by atoms with Crippen molar-refractivity contribution in [2.75, 3.05) is 19.8 Å². The molecule has 0 spiro atoms. The predicted molar refractivity (Wildman–Crippen MR) is 71.0 cm³/mol. The van der Waals surface area contributed by atoms with Gasteiger partial charge in [-0.25, -0.2) is 9.98 Å². The second-order valence-electron chi connectivity index (χ2n) is 3.90. The summed E-state index contributed by atoms with van der Waals surface area (Å²) in [6, 6.07) is 0.242. The lowest BCUT2D eigenvalue weighted by Gasteiger charge is -2.35. The summed E-state index contributed by atoms with van der Waals surface area (Å²) in [6.45, 7) is 3.26. The number of likely N-dealkylation sites (N-methyl/N-ethyl adjacent to an activating group) is 1. The van der Waals surface area contributed by atoms with E-state index < -0.39 is 0 Å². The van der Waals surface area contributed by atoms with Crippen LogP contribution >= 0.6 is 27.7 Å². The molecule has 0 fully saturated rings. The van der Waals surface area contributed by atoms with Crippen molar-refractivity contribution >= 4 is 39.1 Å². The van der Waals surface area contributed by atoms with Crippen molar-refractivity contribution in [1.82, 2.24) is 4.90 Å². The average molecular weight is 288 g/mol. The monoisotopic (exact) mass is 287 g/mol. The highest BCUT2D eigenvalue weighted by Gasteiger charge is 2.31. The van der Waals surface area contributed by atoms with E-state index in [0.717, 1.165) is 17.4 Å². The molecule has 2 aliphatic rings. The maximum absolute atomic E-state index is 4.58. The SMILES string of the molecule is CSC1=NC2=C(Br)[C@H](C)CN(C)C2C=N1. The Morgan fingerprint density at radius 3 is 3.00 bits per heavy atom. The fourth-order valence-corrected chi connectivity index (χ4v) is 2.72. The van der Waals surface area contributed by atoms with E-state index in [1.807, 2.05) is 12.5 Å². The lowest BCUT2D eigenvalue weighted by Crippen LogP contribution is -2.43. The smallest absolute Gasteiger partial charge is 0.187 e. The van der Waals surface area contributed by atoms with Gasteiger partial charge in [0.25, 0.3) is 0 Å². The molecule has 0 radical (unpaired) electrons. The summed E-state index contributed by atoms with van der Waals surface area (Å²) >= 11 is 5.24. The molecule has 2 rings (SSSR count). The summed E-state index contributed by atoms with van der Waals surface area (Å²) < 4.78 is 1.23. The van der Waals surface area contributed by atoms with Crippen LogP contribution in [0.15, 0.2) is 20.2 Å². The third-order valence-corrected chi connectivity index (χ3v) is 4.47. The molecule has 2 heterocycles. The van der Waals surface area contributed by atoms with Crippen molar-refractivity contribution in [2.24, 2.45) is 15.9 Å². The van der Waals surface area contributed by atoms with Crippen molar-refractivity contribution in [3.63, 3.8) is 0 Å². The van der Waals surface area contributed by atoms with Gasteiger partial charge in [0.05, 0.1) is 11.7 Å². The Kier molecular flexibility index (Phi) is 3.33. The van der Waals surface area contributed by atoms with Crippen molar-refractivity contribution in [3.8, 4) is 0 Å². The summed E-state index contributed by atoms with van der Waals surface area (Å²) in [7, 11) is 2.12. The first-order chi connectivity index (χ1) is 7.13. The highest BCUT2D eigenvalue weighted by atomic mass is 79.9. The van der Waals surface area contributed by atoms with Gasteiger partial charge in [0, 0.05) is 23.2 Å². The quantitative estimate of drug-likeness (QED) is 0.684. The van der Waals surface area contributed by atoms with Crippen LogP contribution < -0.4 is 0 Å². The summed E-state index contributed by atoms with van der Waals surface area (Å²) in [5.41, 5.74) is 1.12. The lowest BCUT2D eigenvalue weighted by molar-refractivity contribution is 0.277. The number of thioether (sulfide) groups is 1. The van der Waals surface area contributed by atoms with Crippen LogP contribution in [0.5, 0.6) is 0 Å². The Labute approximate surface area is 103 Å². The Balaban J connectivity index is 2.41. The molecule has 3 nitrogen and oxygen atoms in total. The third-order valence-electron chi connectivity index (χ3n) is 2.72. The van der Waals surface area contributed by atoms with Gasteiger partial charge in [-0.15, -0.1) is 0 Å². The van der Waals surface area contributed by atoms with Crippen LogP contribution in [0.4, 0.5) is 0 Å². The zero-order chi connectivity index (χ0) is 11.0. The molecule has 0 N–H and O–H groups in total. The lowest BCUT2D eigenvalue weighted by atomic mass is 10.00. The first-order valence-electron chi connectivity index (χ1n) is 4.90. The van der Waals surface area contributed by atoms with Gasteiger partial charge in [-0.3, -0.25) is 4.90 Å². The van der Waals surface area contributed by atoms with E-state index in [-0.39, 0.29) is 6.04 Å². The third kappa shape index (κ3) is 2.05. The molecule has 15 heavy (non-hydrogen) atoms. The number of rotatable bonds is 0. The first-order valence-corrected chi connectivity index (χ1v) is 6.92. The van der Waals surface area contributed by atoms with Crippen LogP contribution in [0.1, 0.15) is 6.92 Å². The van der Waals surface area contributed by atoms with Crippen LogP contribution in [0.3, 0.4) is 0 Å². The normalized spacial score (nSPS) is 31.6. The van der Waals surface area contributed by atoms with E-state index in [1.165, 1.54) is 4.48 Å². The highest BCUT2D eigenvalue weighted by Crippen LogP contribution is 2.33. The first kappa shape index (κ1) is 11.4. The minimum absolute atomic E-state index is 0.242. The summed E-state index contributed by atoms with van der Waals surface area (Å²) in [5, 5.41) is 0.848. The number of amidine groups is 1. The number of hydrogen-bond acceptors (Lipinski definition) is 4. The number of aliphatic imine (C=N–C) groups is 2. The van der Waals surface area contributed by atoms with Crippen LogP contribution in [0.25, 0.3) is 0 Å². The topological polar surface area (TPSA) is 28.0 Å². The molecule has 0 aliphatic carbocycles. The molecule has 82 valence electrons. The van der Waals surface area contributed by atoms with Gasteiger partial charge in [-0.2, -0.15) is 0 Å². The van der Waals surface area contributed by atoms with Crippen molar-refractivity contribution in [2.45, 2.75) is 13.0 Å². The number of fused-ring (bicyclic) bond motifs is 1. The fraction of sp³-hybridized carbons (Fsp3) is 0.600. The minimum Gasteiger partial charge on any atom is -0.293 e. The standard InChI is InChI=1S/C10H14BrN3S/c1-6-5-14(2)7-4-12-10(15-3)13-9(7)8(6)11/h4,6-7H,5H2,1-3H3/t6-,7?/m1/s1. The largest absolute Gasteiger partial charge is 0.293 e. The van der Waals surface area contributed by atoms with Gasteiger partial charge in [0.2, 0.25) is 0 Å². The Morgan fingerprint density at radius 1 is 1.60 bits per heavy atom. The number of nitrogens with zero attached hydrogens (tertiary/aromatic N) is 3. The summed E-state index contributed by atoms with van der Waals surface area (Å²) in [6.07, 6.45) is 3.99. The second kappa shape index (κ2) is 4.39. The molecular formula is C10H14BrN3S. The van der Waals surface area contributed by atoms with E-state index in [9.17, 15) is 0 Å². The van der Waals surface area contributed by atoms with Gasteiger partial charge in [0.1, 0.15) is 0 Å². The van der Waals surface area contributed by atoms with Crippen LogP contribution in [-0.4, -0.2) is 42.2 Å². The van der Waals surface area contributed by atoms with E-state index in [2.05, 4.69) is 44.8 Å². The maximum Gasteiger partial charge on any atom is 0.187 e. The van der Waals surface area contributed by atoms with Gasteiger partial charge in [0.15, 0.2) is 5.17 Å². The zero-order valence-corrected chi connectivity index (χ0v) is 11.5. The van der Waals surface area contributed by atoms with Crippen LogP contribution in [0, 0.1) is 5.92 Å². The molecule has 0 aromatic heterocycles. The van der Waals surface area contributed by atoms with Crippen molar-refractivity contribution in [1.29, 1.82) is 0 Å². The molecule has 0 saturated heterocycles. The Morgan fingerprint density at radius 2 is 2.33 bits per heavy atom. The Bertz CT molecular complexity index is 362. The van der Waals surface area contributed by atoms with Gasteiger partial charge in [-0.1, -0.05) is 34.6 Å². The van der Waals surface area contributed by atoms with Crippen LogP contribution in [-0.2, 0) is 0 Å². The van der Waals surface area contributed by atoms with Crippen molar-refractivity contribution < 1.29 is 0 Å². The van der Waals surface area contributed by atoms with E-state index in [1.54, 1.807) is 11.8 Å². The molecule has 0 aromatic rings. The van der Waals surface area contributed by atoms with Crippen LogP contribution in [0.2, 0.25) is 0 Å². The van der Waals surface area contributed by atoms with Gasteiger partial charge in [-0.05, 0) is 13.3 Å². The predicted octanol–water partition coefficient (Wildman–Crippen LogP) is 2.35. The molecule has 0 amide bonds. The number of halogens is 1.